The van der Waals surface area contributed by atoms with Crippen molar-refractivity contribution < 1.29 is 13.2 Å². The summed E-state index contributed by atoms with van der Waals surface area (Å²) in [6, 6.07) is 6.96. The van der Waals surface area contributed by atoms with Crippen LogP contribution in [0.5, 0.6) is 0 Å². The van der Waals surface area contributed by atoms with Crippen LogP contribution in [-0.2, 0) is 10.0 Å². The largest absolute Gasteiger partial charge is 0.352 e. The number of amides is 1. The Bertz CT molecular complexity index is 762. The van der Waals surface area contributed by atoms with Gasteiger partial charge >= 0.3 is 0 Å². The maximum atomic E-state index is 12.4. The molecule has 3 unspecified atom stereocenters. The highest BCUT2D eigenvalue weighted by Gasteiger charge is 2.38. The topological polar surface area (TPSA) is 66.5 Å². The molecule has 1 amide bonds. The fourth-order valence-corrected chi connectivity index (χ4v) is 6.49. The van der Waals surface area contributed by atoms with E-state index in [0.717, 1.165) is 24.2 Å². The predicted molar refractivity (Wildman–Crippen MR) is 98.1 cm³/mol. The van der Waals surface area contributed by atoms with Crippen LogP contribution >= 0.6 is 0 Å². The Morgan fingerprint density at radius 2 is 2.12 bits per heavy atom. The van der Waals surface area contributed by atoms with E-state index in [2.05, 4.69) is 5.32 Å². The molecule has 6 heteroatoms. The molecule has 1 aliphatic heterocycles. The van der Waals surface area contributed by atoms with Gasteiger partial charge in [-0.05, 0) is 68.1 Å². The first-order valence-electron chi connectivity index (χ1n) is 9.41. The summed E-state index contributed by atoms with van der Waals surface area (Å²) >= 11 is 0. The highest BCUT2D eigenvalue weighted by molar-refractivity contribution is 7.93. The maximum absolute atomic E-state index is 12.4. The number of rotatable bonds is 5. The summed E-state index contributed by atoms with van der Waals surface area (Å²) in [5, 5.41) is 3.02. The molecule has 2 aliphatic carbocycles. The SMILES string of the molecule is O=C(NCCC1CC2CCC1C2)c1cccc(N2CCCS2(=O)=O)c1. The molecule has 0 aromatic heterocycles. The number of hydrogen-bond acceptors (Lipinski definition) is 3. The molecule has 1 aromatic carbocycles. The van der Waals surface area contributed by atoms with Gasteiger partial charge in [-0.25, -0.2) is 8.42 Å². The Morgan fingerprint density at radius 3 is 2.80 bits per heavy atom. The Morgan fingerprint density at radius 1 is 1.24 bits per heavy atom. The van der Waals surface area contributed by atoms with E-state index in [4.69, 9.17) is 0 Å². The molecule has 25 heavy (non-hydrogen) atoms. The molecule has 136 valence electrons. The van der Waals surface area contributed by atoms with Crippen LogP contribution in [0.4, 0.5) is 5.69 Å². The Labute approximate surface area is 149 Å². The molecule has 1 N–H and O–H groups in total. The zero-order chi connectivity index (χ0) is 17.4. The first kappa shape index (κ1) is 16.9. The molecule has 5 nitrogen and oxygen atoms in total. The van der Waals surface area contributed by atoms with Crippen molar-refractivity contribution >= 4 is 21.6 Å². The summed E-state index contributed by atoms with van der Waals surface area (Å²) in [5.41, 5.74) is 1.13. The van der Waals surface area contributed by atoms with Crippen molar-refractivity contribution in [1.29, 1.82) is 0 Å². The van der Waals surface area contributed by atoms with Gasteiger partial charge < -0.3 is 5.32 Å². The van der Waals surface area contributed by atoms with Gasteiger partial charge in [0.15, 0.2) is 0 Å². The van der Waals surface area contributed by atoms with Crippen LogP contribution in [0.25, 0.3) is 0 Å². The van der Waals surface area contributed by atoms with E-state index in [-0.39, 0.29) is 11.7 Å². The van der Waals surface area contributed by atoms with Crippen LogP contribution in [0.15, 0.2) is 24.3 Å². The van der Waals surface area contributed by atoms with Crippen molar-refractivity contribution in [2.45, 2.75) is 38.5 Å². The van der Waals surface area contributed by atoms with Gasteiger partial charge in [0.05, 0.1) is 11.4 Å². The lowest BCUT2D eigenvalue weighted by Crippen LogP contribution is -2.28. The van der Waals surface area contributed by atoms with E-state index in [1.54, 1.807) is 24.3 Å². The minimum atomic E-state index is -3.21. The first-order chi connectivity index (χ1) is 12.0. The first-order valence-corrected chi connectivity index (χ1v) is 11.0. The number of benzene rings is 1. The molecule has 4 rings (SSSR count). The fraction of sp³-hybridized carbons (Fsp3) is 0.632. The normalized spacial score (nSPS) is 29.9. The molecule has 1 saturated heterocycles. The molecule has 2 saturated carbocycles. The van der Waals surface area contributed by atoms with Gasteiger partial charge in [0.1, 0.15) is 0 Å². The summed E-state index contributed by atoms with van der Waals surface area (Å²) in [5.74, 6) is 2.67. The highest BCUT2D eigenvalue weighted by Crippen LogP contribution is 2.49. The second-order valence-corrected chi connectivity index (χ2v) is 9.78. The predicted octanol–water partition coefficient (Wildman–Crippen LogP) is 2.78. The van der Waals surface area contributed by atoms with E-state index < -0.39 is 10.0 Å². The zero-order valence-corrected chi connectivity index (χ0v) is 15.3. The number of hydrogen-bond donors (Lipinski definition) is 1. The Hall–Kier alpha value is -1.56. The van der Waals surface area contributed by atoms with Crippen LogP contribution in [0.3, 0.4) is 0 Å². The number of carbonyl (C=O) groups excluding carboxylic acids is 1. The van der Waals surface area contributed by atoms with Crippen LogP contribution in [0.2, 0.25) is 0 Å². The van der Waals surface area contributed by atoms with Crippen molar-refractivity contribution in [1.82, 2.24) is 5.32 Å². The highest BCUT2D eigenvalue weighted by atomic mass is 32.2. The summed E-state index contributed by atoms with van der Waals surface area (Å²) in [4.78, 5) is 12.4. The third-order valence-electron chi connectivity index (χ3n) is 6.18. The molecule has 3 fully saturated rings. The van der Waals surface area contributed by atoms with Gasteiger partial charge in [-0.2, -0.15) is 0 Å². The summed E-state index contributed by atoms with van der Waals surface area (Å²) in [6.07, 6.45) is 7.21. The summed E-state index contributed by atoms with van der Waals surface area (Å²) < 4.78 is 25.5. The number of nitrogens with zero attached hydrogens (tertiary/aromatic N) is 1. The quantitative estimate of drug-likeness (QED) is 0.876. The van der Waals surface area contributed by atoms with Crippen LogP contribution in [0.1, 0.15) is 48.9 Å². The number of nitrogens with one attached hydrogen (secondary N) is 1. The van der Waals surface area contributed by atoms with E-state index in [1.165, 1.54) is 30.0 Å². The van der Waals surface area contributed by atoms with Gasteiger partial charge in [0.25, 0.3) is 5.91 Å². The van der Waals surface area contributed by atoms with Crippen molar-refractivity contribution in [2.24, 2.45) is 17.8 Å². The van der Waals surface area contributed by atoms with Gasteiger partial charge in [-0.1, -0.05) is 12.5 Å². The molecular weight excluding hydrogens is 336 g/mol. The van der Waals surface area contributed by atoms with Crippen molar-refractivity contribution in [2.75, 3.05) is 23.1 Å². The third kappa shape index (κ3) is 3.41. The van der Waals surface area contributed by atoms with E-state index in [0.29, 0.717) is 30.8 Å². The lowest BCUT2D eigenvalue weighted by molar-refractivity contribution is 0.0949. The molecular formula is C19H26N2O3S. The monoisotopic (exact) mass is 362 g/mol. The third-order valence-corrected chi connectivity index (χ3v) is 8.05. The van der Waals surface area contributed by atoms with Crippen molar-refractivity contribution in [3.05, 3.63) is 29.8 Å². The molecule has 2 bridgehead atoms. The molecule has 0 radical (unpaired) electrons. The Kier molecular flexibility index (Phi) is 4.48. The summed E-state index contributed by atoms with van der Waals surface area (Å²) in [7, 11) is -3.21. The molecule has 0 spiro atoms. The second-order valence-electron chi connectivity index (χ2n) is 7.77. The zero-order valence-electron chi connectivity index (χ0n) is 14.5. The average molecular weight is 362 g/mol. The van der Waals surface area contributed by atoms with E-state index in [9.17, 15) is 13.2 Å². The van der Waals surface area contributed by atoms with Gasteiger partial charge in [0.2, 0.25) is 10.0 Å². The van der Waals surface area contributed by atoms with Crippen LogP contribution < -0.4 is 9.62 Å². The molecule has 1 heterocycles. The smallest absolute Gasteiger partial charge is 0.251 e. The van der Waals surface area contributed by atoms with Crippen LogP contribution in [0, 0.1) is 17.8 Å². The number of anilines is 1. The minimum Gasteiger partial charge on any atom is -0.352 e. The van der Waals surface area contributed by atoms with Crippen molar-refractivity contribution in [3.63, 3.8) is 0 Å². The van der Waals surface area contributed by atoms with Crippen LogP contribution in [-0.4, -0.2) is 33.2 Å². The van der Waals surface area contributed by atoms with Gasteiger partial charge in [-0.15, -0.1) is 0 Å². The molecule has 3 aliphatic rings. The molecule has 3 atom stereocenters. The standard InChI is InChI=1S/C19H26N2O3S/c22-19(20-8-7-16-12-14-5-6-15(16)11-14)17-3-1-4-18(13-17)21-9-2-10-25(21,23)24/h1,3-4,13-16H,2,5-12H2,(H,20,22). The van der Waals surface area contributed by atoms with Gasteiger partial charge in [-0.3, -0.25) is 9.10 Å². The number of sulfonamides is 1. The van der Waals surface area contributed by atoms with Crippen molar-refractivity contribution in [3.8, 4) is 0 Å². The Balaban J connectivity index is 1.35. The number of carbonyl (C=O) groups is 1. The fourth-order valence-electron chi connectivity index (χ4n) is 4.93. The van der Waals surface area contributed by atoms with Gasteiger partial charge in [0, 0.05) is 18.7 Å². The maximum Gasteiger partial charge on any atom is 0.251 e. The summed E-state index contributed by atoms with van der Waals surface area (Å²) in [6.45, 7) is 1.20. The van der Waals surface area contributed by atoms with E-state index >= 15 is 0 Å². The minimum absolute atomic E-state index is 0.110. The number of fused-ring (bicyclic) bond motifs is 2. The average Bonchev–Trinajstić information content (AvgIpc) is 3.30. The van der Waals surface area contributed by atoms with E-state index in [1.807, 2.05) is 0 Å². The molecule has 1 aromatic rings. The second kappa shape index (κ2) is 6.63. The lowest BCUT2D eigenvalue weighted by atomic mass is 9.86. The lowest BCUT2D eigenvalue weighted by Gasteiger charge is -2.21.